The molecule has 2 heteroatoms. The van der Waals surface area contributed by atoms with Crippen LogP contribution in [0.2, 0.25) is 5.02 Å². The van der Waals surface area contributed by atoms with E-state index in [0.29, 0.717) is 5.02 Å². The van der Waals surface area contributed by atoms with E-state index in [0.717, 1.165) is 11.1 Å². The highest BCUT2D eigenvalue weighted by molar-refractivity contribution is 6.30. The van der Waals surface area contributed by atoms with Gasteiger partial charge in [-0.15, -0.1) is 0 Å². The molecule has 0 atom stereocenters. The van der Waals surface area contributed by atoms with Crippen molar-refractivity contribution in [2.24, 2.45) is 0 Å². The van der Waals surface area contributed by atoms with Gasteiger partial charge in [0.25, 0.3) is 0 Å². The van der Waals surface area contributed by atoms with Crippen LogP contribution in [-0.4, -0.2) is 5.11 Å². The molecule has 0 saturated carbocycles. The molecule has 64 valence electrons. The number of rotatable bonds is 2. The lowest BCUT2D eigenvalue weighted by Crippen LogP contribution is -1.83. The van der Waals surface area contributed by atoms with E-state index in [-0.39, 0.29) is 6.61 Å². The predicted molar refractivity (Wildman–Crippen MR) is 52.1 cm³/mol. The molecule has 0 unspecified atom stereocenters. The highest BCUT2D eigenvalue weighted by atomic mass is 35.5. The van der Waals surface area contributed by atoms with E-state index in [2.05, 4.69) is 0 Å². The fourth-order valence-corrected chi connectivity index (χ4v) is 1.32. The van der Waals surface area contributed by atoms with Crippen molar-refractivity contribution in [3.63, 3.8) is 0 Å². The van der Waals surface area contributed by atoms with Gasteiger partial charge in [0.15, 0.2) is 0 Å². The van der Waals surface area contributed by atoms with Gasteiger partial charge in [-0.05, 0) is 36.2 Å². The molecule has 0 aliphatic rings. The largest absolute Gasteiger partial charge is 0.392 e. The molecule has 1 aromatic carbocycles. The summed E-state index contributed by atoms with van der Waals surface area (Å²) in [5, 5.41) is 9.53. The van der Waals surface area contributed by atoms with E-state index in [9.17, 15) is 0 Å². The van der Waals surface area contributed by atoms with Crippen LogP contribution in [0.3, 0.4) is 0 Å². The molecule has 1 nitrogen and oxygen atoms in total. The second kappa shape index (κ2) is 4.29. The first-order valence-electron chi connectivity index (χ1n) is 3.79. The SMILES string of the molecule is CC=Cc1cc(Cl)cc(CO)c1. The second-order valence-corrected chi connectivity index (χ2v) is 2.99. The predicted octanol–water partition coefficient (Wildman–Crippen LogP) is 2.87. The maximum Gasteiger partial charge on any atom is 0.0682 e. The van der Waals surface area contributed by atoms with Crippen molar-refractivity contribution in [3.05, 3.63) is 40.4 Å². The molecular formula is C10H11ClO. The van der Waals surface area contributed by atoms with Gasteiger partial charge in [-0.3, -0.25) is 0 Å². The summed E-state index contributed by atoms with van der Waals surface area (Å²) in [6.45, 7) is 1.98. The van der Waals surface area contributed by atoms with Gasteiger partial charge >= 0.3 is 0 Å². The van der Waals surface area contributed by atoms with Crippen molar-refractivity contribution in [2.75, 3.05) is 0 Å². The lowest BCUT2D eigenvalue weighted by atomic mass is 10.1. The number of allylic oxidation sites excluding steroid dienone is 1. The highest BCUT2D eigenvalue weighted by Gasteiger charge is 1.95. The Balaban J connectivity index is 3.06. The molecule has 0 heterocycles. The van der Waals surface area contributed by atoms with E-state index in [1.54, 1.807) is 6.07 Å². The maximum atomic E-state index is 8.87. The zero-order valence-corrected chi connectivity index (χ0v) is 7.67. The molecule has 0 fully saturated rings. The van der Waals surface area contributed by atoms with Gasteiger partial charge in [0.2, 0.25) is 0 Å². The van der Waals surface area contributed by atoms with Gasteiger partial charge in [0, 0.05) is 5.02 Å². The first-order valence-corrected chi connectivity index (χ1v) is 4.17. The zero-order valence-electron chi connectivity index (χ0n) is 6.92. The molecule has 1 N–H and O–H groups in total. The standard InChI is InChI=1S/C10H11ClO/c1-2-3-8-4-9(7-12)6-10(11)5-8/h2-6,12H,7H2,1H3. The van der Waals surface area contributed by atoms with Crippen LogP contribution in [0.4, 0.5) is 0 Å². The van der Waals surface area contributed by atoms with Crippen LogP contribution in [0.25, 0.3) is 6.08 Å². The number of aliphatic hydroxyl groups is 1. The Hall–Kier alpha value is -0.790. The summed E-state index contributed by atoms with van der Waals surface area (Å²) >= 11 is 5.82. The molecular weight excluding hydrogens is 172 g/mol. The van der Waals surface area contributed by atoms with Crippen LogP contribution in [0, 0.1) is 0 Å². The summed E-state index contributed by atoms with van der Waals surface area (Å²) in [4.78, 5) is 0. The molecule has 1 rings (SSSR count). The summed E-state index contributed by atoms with van der Waals surface area (Å²) in [5.74, 6) is 0. The van der Waals surface area contributed by atoms with Crippen LogP contribution < -0.4 is 0 Å². The first-order chi connectivity index (χ1) is 5.76. The quantitative estimate of drug-likeness (QED) is 0.746. The Morgan fingerprint density at radius 1 is 1.42 bits per heavy atom. The van der Waals surface area contributed by atoms with Crippen molar-refractivity contribution in [2.45, 2.75) is 13.5 Å². The fourth-order valence-electron chi connectivity index (χ4n) is 1.06. The van der Waals surface area contributed by atoms with E-state index in [1.165, 1.54) is 0 Å². The first kappa shape index (κ1) is 9.30. The Kier molecular flexibility index (Phi) is 3.32. The monoisotopic (exact) mass is 182 g/mol. The summed E-state index contributed by atoms with van der Waals surface area (Å²) in [7, 11) is 0. The Morgan fingerprint density at radius 3 is 2.75 bits per heavy atom. The Bertz CT molecular complexity index is 292. The minimum absolute atomic E-state index is 0.0329. The third-order valence-electron chi connectivity index (χ3n) is 1.52. The van der Waals surface area contributed by atoms with Crippen LogP contribution in [0.15, 0.2) is 24.3 Å². The molecule has 0 aliphatic heterocycles. The maximum absolute atomic E-state index is 8.87. The molecule has 1 aromatic rings. The third kappa shape index (κ3) is 2.36. The number of benzene rings is 1. The third-order valence-corrected chi connectivity index (χ3v) is 1.74. The molecule has 0 radical (unpaired) electrons. The molecule has 0 aliphatic carbocycles. The van der Waals surface area contributed by atoms with Gasteiger partial charge in [-0.1, -0.05) is 23.8 Å². The topological polar surface area (TPSA) is 20.2 Å². The van der Waals surface area contributed by atoms with Gasteiger partial charge in [0.1, 0.15) is 0 Å². The van der Waals surface area contributed by atoms with Crippen molar-refractivity contribution in [1.29, 1.82) is 0 Å². The number of hydrogen-bond donors (Lipinski definition) is 1. The summed E-state index contributed by atoms with van der Waals surface area (Å²) in [5.41, 5.74) is 1.87. The zero-order chi connectivity index (χ0) is 8.97. The van der Waals surface area contributed by atoms with Crippen LogP contribution in [-0.2, 0) is 6.61 Å². The van der Waals surface area contributed by atoms with Crippen LogP contribution in [0.5, 0.6) is 0 Å². The van der Waals surface area contributed by atoms with Crippen molar-refractivity contribution < 1.29 is 5.11 Å². The normalized spacial score (nSPS) is 10.9. The Morgan fingerprint density at radius 2 is 2.17 bits per heavy atom. The van der Waals surface area contributed by atoms with Crippen molar-refractivity contribution >= 4 is 17.7 Å². The van der Waals surface area contributed by atoms with Gasteiger partial charge in [-0.2, -0.15) is 0 Å². The van der Waals surface area contributed by atoms with E-state index in [4.69, 9.17) is 16.7 Å². The van der Waals surface area contributed by atoms with Gasteiger partial charge in [0.05, 0.1) is 6.61 Å². The smallest absolute Gasteiger partial charge is 0.0682 e. The summed E-state index contributed by atoms with van der Waals surface area (Å²) in [6, 6.07) is 5.53. The number of halogens is 1. The van der Waals surface area contributed by atoms with Crippen molar-refractivity contribution in [1.82, 2.24) is 0 Å². The van der Waals surface area contributed by atoms with Gasteiger partial charge in [-0.25, -0.2) is 0 Å². The molecule has 0 spiro atoms. The average Bonchev–Trinajstić information content (AvgIpc) is 2.04. The van der Waals surface area contributed by atoms with Gasteiger partial charge < -0.3 is 5.11 Å². The lowest BCUT2D eigenvalue weighted by molar-refractivity contribution is 0.282. The van der Waals surface area contributed by atoms with Crippen molar-refractivity contribution in [3.8, 4) is 0 Å². The van der Waals surface area contributed by atoms with E-state index < -0.39 is 0 Å². The summed E-state index contributed by atoms with van der Waals surface area (Å²) in [6.07, 6.45) is 3.89. The second-order valence-electron chi connectivity index (χ2n) is 2.55. The lowest BCUT2D eigenvalue weighted by Gasteiger charge is -1.99. The number of aliphatic hydroxyl groups excluding tert-OH is 1. The molecule has 0 bridgehead atoms. The molecule has 12 heavy (non-hydrogen) atoms. The highest BCUT2D eigenvalue weighted by Crippen LogP contribution is 2.16. The minimum atomic E-state index is 0.0329. The Labute approximate surface area is 77.3 Å². The fraction of sp³-hybridized carbons (Fsp3) is 0.200. The molecule has 0 amide bonds. The minimum Gasteiger partial charge on any atom is -0.392 e. The van der Waals surface area contributed by atoms with E-state index >= 15 is 0 Å². The average molecular weight is 183 g/mol. The van der Waals surface area contributed by atoms with E-state index in [1.807, 2.05) is 31.2 Å². The molecule has 0 aromatic heterocycles. The summed E-state index contributed by atoms with van der Waals surface area (Å²) < 4.78 is 0. The van der Waals surface area contributed by atoms with Crippen LogP contribution in [0.1, 0.15) is 18.1 Å². The molecule has 0 saturated heterocycles. The van der Waals surface area contributed by atoms with Crippen LogP contribution >= 0.6 is 11.6 Å². The number of hydrogen-bond acceptors (Lipinski definition) is 1.